The van der Waals surface area contributed by atoms with E-state index in [9.17, 15) is 14.4 Å². The molecule has 2 rings (SSSR count). The molecular weight excluding hydrogens is 456 g/mol. The van der Waals surface area contributed by atoms with Crippen LogP contribution in [0.15, 0.2) is 23.4 Å². The van der Waals surface area contributed by atoms with Crippen molar-refractivity contribution in [2.75, 3.05) is 33.9 Å². The van der Waals surface area contributed by atoms with Crippen molar-refractivity contribution in [2.45, 2.75) is 32.0 Å². The third kappa shape index (κ3) is 9.58. The Bertz CT molecular complexity index is 818. The maximum absolute atomic E-state index is 12.4. The fraction of sp³-hybridized carbons (Fsp3) is 0.526. The first-order chi connectivity index (χ1) is 15.5. The second kappa shape index (κ2) is 14.3. The fourth-order valence-corrected chi connectivity index (χ4v) is 3.66. The first-order valence-electron chi connectivity index (χ1n) is 9.93. The number of thiazole rings is 2. The molecule has 0 saturated carbocycles. The number of amides is 4. The number of unbranched alkanes of at least 4 members (excludes halogenated alkanes) is 1. The van der Waals surface area contributed by atoms with Crippen LogP contribution in [-0.4, -0.2) is 72.8 Å². The minimum atomic E-state index is -0.809. The van der Waals surface area contributed by atoms with Crippen LogP contribution in [0.3, 0.4) is 0 Å². The third-order valence-electron chi connectivity index (χ3n) is 4.17. The SMILES string of the molecule is COC[C@H](NC(=O)N(C)Cc1cncs1)C(=O)NCCCCNC(=O)OCc1cncs1. The molecule has 2 aromatic rings. The van der Waals surface area contributed by atoms with Crippen LogP contribution in [0.1, 0.15) is 22.6 Å². The average Bonchev–Trinajstić information content (AvgIpc) is 3.48. The van der Waals surface area contributed by atoms with Crippen LogP contribution in [0.5, 0.6) is 0 Å². The zero-order valence-corrected chi connectivity index (χ0v) is 19.7. The Morgan fingerprint density at radius 2 is 1.72 bits per heavy atom. The lowest BCUT2D eigenvalue weighted by Gasteiger charge is -2.22. The Kier molecular flexibility index (Phi) is 11.4. The van der Waals surface area contributed by atoms with E-state index in [-0.39, 0.29) is 25.2 Å². The van der Waals surface area contributed by atoms with Crippen molar-refractivity contribution in [2.24, 2.45) is 0 Å². The van der Waals surface area contributed by atoms with Crippen molar-refractivity contribution in [1.29, 1.82) is 0 Å². The standard InChI is InChI=1S/C19H28N6O5S2/c1-25(9-14-7-20-12-31-14)18(27)24-16(11-29-2)17(26)22-5-3-4-6-23-19(28)30-10-15-8-21-13-32-15/h7-8,12-13,16H,3-6,9-11H2,1-2H3,(H,22,26)(H,23,28)(H,24,27)/t16-/m0/s1. The van der Waals surface area contributed by atoms with Crippen LogP contribution in [0.25, 0.3) is 0 Å². The van der Waals surface area contributed by atoms with E-state index in [1.54, 1.807) is 30.5 Å². The summed E-state index contributed by atoms with van der Waals surface area (Å²) in [6.45, 7) is 1.48. The predicted octanol–water partition coefficient (Wildman–Crippen LogP) is 1.58. The Morgan fingerprint density at radius 1 is 1.06 bits per heavy atom. The smallest absolute Gasteiger partial charge is 0.407 e. The number of nitrogens with zero attached hydrogens (tertiary/aromatic N) is 3. The number of carbonyl (C=O) groups is 3. The summed E-state index contributed by atoms with van der Waals surface area (Å²) in [6.07, 6.45) is 4.17. The molecule has 3 N–H and O–H groups in total. The molecule has 2 aromatic heterocycles. The number of rotatable bonds is 13. The quantitative estimate of drug-likeness (QED) is 0.367. The molecule has 32 heavy (non-hydrogen) atoms. The van der Waals surface area contributed by atoms with Crippen molar-refractivity contribution in [3.05, 3.63) is 33.2 Å². The molecule has 4 amide bonds. The molecule has 0 radical (unpaired) electrons. The molecule has 2 heterocycles. The van der Waals surface area contributed by atoms with Gasteiger partial charge in [-0.2, -0.15) is 0 Å². The lowest BCUT2D eigenvalue weighted by Crippen LogP contribution is -2.52. The Balaban J connectivity index is 1.60. The fourth-order valence-electron chi connectivity index (χ4n) is 2.51. The van der Waals surface area contributed by atoms with E-state index in [1.807, 2.05) is 0 Å². The minimum Gasteiger partial charge on any atom is -0.444 e. The molecule has 1 atom stereocenters. The Hall–Kier alpha value is -2.77. The number of methoxy groups -OCH3 is 1. The molecule has 0 fully saturated rings. The molecule has 0 saturated heterocycles. The number of hydrogen-bond donors (Lipinski definition) is 3. The number of nitrogens with one attached hydrogen (secondary N) is 3. The van der Waals surface area contributed by atoms with Crippen molar-refractivity contribution in [3.63, 3.8) is 0 Å². The monoisotopic (exact) mass is 484 g/mol. The molecule has 13 heteroatoms. The number of urea groups is 1. The molecule has 0 aliphatic carbocycles. The highest BCUT2D eigenvalue weighted by atomic mass is 32.1. The van der Waals surface area contributed by atoms with Crippen LogP contribution >= 0.6 is 22.7 Å². The van der Waals surface area contributed by atoms with Gasteiger partial charge in [0.2, 0.25) is 5.91 Å². The molecular formula is C19H28N6O5S2. The number of carbonyl (C=O) groups excluding carboxylic acids is 3. The van der Waals surface area contributed by atoms with Gasteiger partial charge in [0, 0.05) is 44.5 Å². The first kappa shape index (κ1) is 25.5. The van der Waals surface area contributed by atoms with E-state index in [0.717, 1.165) is 9.75 Å². The summed E-state index contributed by atoms with van der Waals surface area (Å²) < 4.78 is 10.1. The van der Waals surface area contributed by atoms with Crippen molar-refractivity contribution >= 4 is 40.7 Å². The number of hydrogen-bond acceptors (Lipinski definition) is 9. The summed E-state index contributed by atoms with van der Waals surface area (Å²) in [5, 5.41) is 8.12. The van der Waals surface area contributed by atoms with Crippen LogP contribution in [0.4, 0.5) is 9.59 Å². The van der Waals surface area contributed by atoms with Gasteiger partial charge in [-0.25, -0.2) is 9.59 Å². The lowest BCUT2D eigenvalue weighted by molar-refractivity contribution is -0.124. The zero-order valence-electron chi connectivity index (χ0n) is 18.0. The summed E-state index contributed by atoms with van der Waals surface area (Å²) in [5.41, 5.74) is 3.37. The molecule has 0 aliphatic heterocycles. The average molecular weight is 485 g/mol. The summed E-state index contributed by atoms with van der Waals surface area (Å²) in [7, 11) is 3.11. The lowest BCUT2D eigenvalue weighted by atomic mass is 10.2. The van der Waals surface area contributed by atoms with E-state index >= 15 is 0 Å². The Morgan fingerprint density at radius 3 is 2.34 bits per heavy atom. The van der Waals surface area contributed by atoms with Gasteiger partial charge in [-0.3, -0.25) is 14.8 Å². The highest BCUT2D eigenvalue weighted by molar-refractivity contribution is 7.09. The predicted molar refractivity (Wildman–Crippen MR) is 120 cm³/mol. The van der Waals surface area contributed by atoms with Gasteiger partial charge in [-0.15, -0.1) is 22.7 Å². The summed E-state index contributed by atoms with van der Waals surface area (Å²) >= 11 is 2.87. The molecule has 0 unspecified atom stereocenters. The van der Waals surface area contributed by atoms with Crippen molar-refractivity contribution in [3.8, 4) is 0 Å². The number of ether oxygens (including phenoxy) is 2. The topological polar surface area (TPSA) is 135 Å². The van der Waals surface area contributed by atoms with E-state index in [4.69, 9.17) is 9.47 Å². The molecule has 0 aliphatic rings. The highest BCUT2D eigenvalue weighted by Crippen LogP contribution is 2.08. The van der Waals surface area contributed by atoms with E-state index < -0.39 is 12.1 Å². The largest absolute Gasteiger partial charge is 0.444 e. The highest BCUT2D eigenvalue weighted by Gasteiger charge is 2.22. The van der Waals surface area contributed by atoms with Gasteiger partial charge < -0.3 is 30.3 Å². The van der Waals surface area contributed by atoms with Gasteiger partial charge in [-0.1, -0.05) is 0 Å². The number of aromatic nitrogens is 2. The van der Waals surface area contributed by atoms with E-state index in [1.165, 1.54) is 34.7 Å². The maximum Gasteiger partial charge on any atom is 0.407 e. The summed E-state index contributed by atoms with van der Waals surface area (Å²) in [4.78, 5) is 47.6. The second-order valence-electron chi connectivity index (χ2n) is 6.75. The summed E-state index contributed by atoms with van der Waals surface area (Å²) in [5.74, 6) is -0.330. The van der Waals surface area contributed by atoms with Crippen LogP contribution in [0.2, 0.25) is 0 Å². The Labute approximate surface area is 194 Å². The van der Waals surface area contributed by atoms with Crippen LogP contribution < -0.4 is 16.0 Å². The first-order valence-corrected chi connectivity index (χ1v) is 11.7. The van der Waals surface area contributed by atoms with Gasteiger partial charge in [0.1, 0.15) is 12.6 Å². The minimum absolute atomic E-state index is 0.0547. The van der Waals surface area contributed by atoms with E-state index in [2.05, 4.69) is 25.9 Å². The van der Waals surface area contributed by atoms with Crippen LogP contribution in [0, 0.1) is 0 Å². The molecule has 0 aromatic carbocycles. The molecule has 176 valence electrons. The van der Waals surface area contributed by atoms with Gasteiger partial charge in [0.05, 0.1) is 29.0 Å². The van der Waals surface area contributed by atoms with Gasteiger partial charge in [-0.05, 0) is 12.8 Å². The summed E-state index contributed by atoms with van der Waals surface area (Å²) in [6, 6.07) is -1.19. The molecule has 0 bridgehead atoms. The van der Waals surface area contributed by atoms with E-state index in [0.29, 0.717) is 32.5 Å². The van der Waals surface area contributed by atoms with Gasteiger partial charge in [0.25, 0.3) is 0 Å². The maximum atomic E-state index is 12.4. The van der Waals surface area contributed by atoms with Crippen molar-refractivity contribution < 1.29 is 23.9 Å². The van der Waals surface area contributed by atoms with Crippen molar-refractivity contribution in [1.82, 2.24) is 30.8 Å². The number of alkyl carbamates (subject to hydrolysis) is 1. The van der Waals surface area contributed by atoms with Gasteiger partial charge in [0.15, 0.2) is 0 Å². The zero-order chi connectivity index (χ0) is 23.2. The molecule has 0 spiro atoms. The molecule has 11 nitrogen and oxygen atoms in total. The van der Waals surface area contributed by atoms with Crippen LogP contribution in [-0.2, 0) is 27.4 Å². The second-order valence-corrected chi connectivity index (χ2v) is 8.69. The van der Waals surface area contributed by atoms with Gasteiger partial charge >= 0.3 is 12.1 Å². The third-order valence-corrected chi connectivity index (χ3v) is 5.69. The normalized spacial score (nSPS) is 11.4.